The fourth-order valence-corrected chi connectivity index (χ4v) is 3.33. The normalized spacial score (nSPS) is 11.2. The van der Waals surface area contributed by atoms with Crippen LogP contribution in [-0.4, -0.2) is 16.2 Å². The van der Waals surface area contributed by atoms with Crippen molar-refractivity contribution in [2.75, 3.05) is 0 Å². The Morgan fingerprint density at radius 2 is 1.52 bits per heavy atom. The zero-order chi connectivity index (χ0) is 20.4. The molecule has 0 unspecified atom stereocenters. The second kappa shape index (κ2) is 7.60. The highest BCUT2D eigenvalue weighted by atomic mass is 19.1. The van der Waals surface area contributed by atoms with Crippen molar-refractivity contribution in [1.82, 2.24) is 0 Å². The second-order valence-corrected chi connectivity index (χ2v) is 6.70. The van der Waals surface area contributed by atoms with Gasteiger partial charge in [0.05, 0.1) is 5.56 Å². The Kier molecular flexibility index (Phi) is 4.83. The lowest BCUT2D eigenvalue weighted by Crippen LogP contribution is -1.99. The molecule has 29 heavy (non-hydrogen) atoms. The van der Waals surface area contributed by atoms with E-state index < -0.39 is 5.97 Å². The first-order chi connectivity index (χ1) is 14.0. The van der Waals surface area contributed by atoms with E-state index in [0.717, 1.165) is 27.5 Å². The third kappa shape index (κ3) is 3.87. The minimum atomic E-state index is -1.02. The van der Waals surface area contributed by atoms with Crippen LogP contribution in [0.15, 0.2) is 78.9 Å². The van der Waals surface area contributed by atoms with Crippen molar-refractivity contribution in [3.8, 4) is 16.9 Å². The number of aromatic carboxylic acids is 1. The van der Waals surface area contributed by atoms with Gasteiger partial charge >= 0.3 is 5.97 Å². The average Bonchev–Trinajstić information content (AvgIpc) is 2.72. The Bertz CT molecular complexity index is 1240. The van der Waals surface area contributed by atoms with E-state index in [1.807, 2.05) is 30.3 Å². The Hall–Kier alpha value is -3.92. The van der Waals surface area contributed by atoms with Crippen LogP contribution in [0.1, 0.15) is 21.5 Å². The molecule has 4 aromatic rings. The zero-order valence-electron chi connectivity index (χ0n) is 15.3. The summed E-state index contributed by atoms with van der Waals surface area (Å²) in [5.74, 6) is -1.18. The summed E-state index contributed by atoms with van der Waals surface area (Å²) in [7, 11) is 0. The summed E-state index contributed by atoms with van der Waals surface area (Å²) >= 11 is 0. The van der Waals surface area contributed by atoms with Crippen LogP contribution < -0.4 is 0 Å². The molecular formula is C25H17FO3. The van der Waals surface area contributed by atoms with E-state index >= 15 is 0 Å². The number of carboxylic acid groups (broad SMARTS) is 1. The molecule has 0 bridgehead atoms. The number of aromatic hydroxyl groups is 1. The molecule has 0 saturated heterocycles. The van der Waals surface area contributed by atoms with Crippen LogP contribution in [0.5, 0.6) is 5.75 Å². The highest BCUT2D eigenvalue weighted by Gasteiger charge is 2.10. The second-order valence-electron chi connectivity index (χ2n) is 6.70. The van der Waals surface area contributed by atoms with E-state index in [2.05, 4.69) is 0 Å². The number of carbonyl (C=O) groups is 1. The number of phenols is 1. The van der Waals surface area contributed by atoms with Gasteiger partial charge in [0.2, 0.25) is 0 Å². The van der Waals surface area contributed by atoms with Gasteiger partial charge in [-0.25, -0.2) is 9.18 Å². The van der Waals surface area contributed by atoms with Gasteiger partial charge in [-0.2, -0.15) is 0 Å². The fraction of sp³-hybridized carbons (Fsp3) is 0. The minimum Gasteiger partial charge on any atom is -0.508 e. The molecule has 0 atom stereocenters. The van der Waals surface area contributed by atoms with Crippen molar-refractivity contribution < 1.29 is 19.4 Å². The minimum absolute atomic E-state index is 0.169. The van der Waals surface area contributed by atoms with Gasteiger partial charge in [0, 0.05) is 0 Å². The summed E-state index contributed by atoms with van der Waals surface area (Å²) in [4.78, 5) is 11.7. The predicted molar refractivity (Wildman–Crippen MR) is 113 cm³/mol. The molecule has 0 amide bonds. The van der Waals surface area contributed by atoms with Crippen molar-refractivity contribution in [1.29, 1.82) is 0 Å². The highest BCUT2D eigenvalue weighted by Crippen LogP contribution is 2.27. The molecule has 0 aliphatic rings. The molecule has 2 N–H and O–H groups in total. The van der Waals surface area contributed by atoms with Gasteiger partial charge < -0.3 is 10.2 Å². The van der Waals surface area contributed by atoms with Crippen molar-refractivity contribution in [2.45, 2.75) is 0 Å². The van der Waals surface area contributed by atoms with Crippen LogP contribution in [0.4, 0.5) is 4.39 Å². The number of phenolic OH excluding ortho intramolecular Hbond substituents is 1. The van der Waals surface area contributed by atoms with E-state index in [-0.39, 0.29) is 17.1 Å². The molecule has 0 aromatic heterocycles. The maximum Gasteiger partial charge on any atom is 0.336 e. The van der Waals surface area contributed by atoms with Gasteiger partial charge in [-0.15, -0.1) is 0 Å². The summed E-state index contributed by atoms with van der Waals surface area (Å²) in [6.45, 7) is 0. The smallest absolute Gasteiger partial charge is 0.336 e. The monoisotopic (exact) mass is 384 g/mol. The van der Waals surface area contributed by atoms with E-state index in [4.69, 9.17) is 0 Å². The average molecular weight is 384 g/mol. The molecule has 4 heteroatoms. The lowest BCUT2D eigenvalue weighted by molar-refractivity contribution is 0.0696. The molecule has 0 fully saturated rings. The Labute approximate surface area is 167 Å². The lowest BCUT2D eigenvalue weighted by atomic mass is 9.97. The van der Waals surface area contributed by atoms with Gasteiger partial charge in [-0.1, -0.05) is 54.6 Å². The first kappa shape index (κ1) is 18.4. The maximum atomic E-state index is 13.2. The van der Waals surface area contributed by atoms with Gasteiger partial charge in [-0.3, -0.25) is 0 Å². The molecule has 0 saturated carbocycles. The lowest BCUT2D eigenvalue weighted by Gasteiger charge is -2.07. The van der Waals surface area contributed by atoms with Crippen LogP contribution in [0.3, 0.4) is 0 Å². The van der Waals surface area contributed by atoms with Crippen LogP contribution in [-0.2, 0) is 0 Å². The molecule has 0 aliphatic carbocycles. The zero-order valence-corrected chi connectivity index (χ0v) is 15.3. The molecule has 0 heterocycles. The van der Waals surface area contributed by atoms with Gasteiger partial charge in [0.15, 0.2) is 0 Å². The van der Waals surface area contributed by atoms with E-state index in [0.29, 0.717) is 5.56 Å². The van der Waals surface area contributed by atoms with Crippen LogP contribution in [0.25, 0.3) is 34.1 Å². The number of hydrogen-bond acceptors (Lipinski definition) is 2. The van der Waals surface area contributed by atoms with Crippen molar-refractivity contribution >= 4 is 28.9 Å². The summed E-state index contributed by atoms with van der Waals surface area (Å²) < 4.78 is 13.2. The van der Waals surface area contributed by atoms with Crippen molar-refractivity contribution in [3.05, 3.63) is 101 Å². The number of halogens is 1. The Balaban J connectivity index is 1.79. The van der Waals surface area contributed by atoms with E-state index in [1.165, 1.54) is 12.1 Å². The van der Waals surface area contributed by atoms with Crippen molar-refractivity contribution in [3.63, 3.8) is 0 Å². The predicted octanol–water partition coefficient (Wildman–Crippen LogP) is 6.22. The molecule has 4 rings (SSSR count). The summed E-state index contributed by atoms with van der Waals surface area (Å²) in [6, 6.07) is 22.0. The summed E-state index contributed by atoms with van der Waals surface area (Å²) in [5, 5.41) is 21.2. The molecular weight excluding hydrogens is 367 g/mol. The largest absolute Gasteiger partial charge is 0.508 e. The standard InChI is InChI=1S/C25H17FO3/c26-21-10-6-16(7-11-21)19-9-13-23(25(28)29)20(14-19)5-4-17-2-1-3-18-8-12-22(27)15-24(17)18/h1-15,27H,(H,28,29)/b5-4+. The first-order valence-corrected chi connectivity index (χ1v) is 9.04. The molecule has 4 aromatic carbocycles. The number of fused-ring (bicyclic) bond motifs is 1. The van der Waals surface area contributed by atoms with Crippen molar-refractivity contribution in [2.24, 2.45) is 0 Å². The third-order valence-corrected chi connectivity index (χ3v) is 4.80. The first-order valence-electron chi connectivity index (χ1n) is 9.04. The third-order valence-electron chi connectivity index (χ3n) is 4.80. The molecule has 0 radical (unpaired) electrons. The summed E-state index contributed by atoms with van der Waals surface area (Å²) in [5.41, 5.74) is 3.17. The number of hydrogen-bond donors (Lipinski definition) is 2. The Morgan fingerprint density at radius 3 is 2.28 bits per heavy atom. The molecule has 3 nitrogen and oxygen atoms in total. The van der Waals surface area contributed by atoms with Crippen LogP contribution in [0.2, 0.25) is 0 Å². The highest BCUT2D eigenvalue weighted by molar-refractivity contribution is 5.97. The number of rotatable bonds is 4. The van der Waals surface area contributed by atoms with Gasteiger partial charge in [0.25, 0.3) is 0 Å². The number of benzene rings is 4. The maximum absolute atomic E-state index is 13.2. The fourth-order valence-electron chi connectivity index (χ4n) is 3.33. The number of carboxylic acids is 1. The van der Waals surface area contributed by atoms with Gasteiger partial charge in [-0.05, 0) is 69.4 Å². The molecule has 142 valence electrons. The Morgan fingerprint density at radius 1 is 0.793 bits per heavy atom. The molecule has 0 aliphatic heterocycles. The SMILES string of the molecule is O=C(O)c1ccc(-c2ccc(F)cc2)cc1/C=C/c1cccc2ccc(O)cc12. The van der Waals surface area contributed by atoms with E-state index in [9.17, 15) is 19.4 Å². The van der Waals surface area contributed by atoms with Gasteiger partial charge in [0.1, 0.15) is 11.6 Å². The molecule has 0 spiro atoms. The van der Waals surface area contributed by atoms with Crippen LogP contribution >= 0.6 is 0 Å². The van der Waals surface area contributed by atoms with Crippen LogP contribution in [0, 0.1) is 5.82 Å². The summed E-state index contributed by atoms with van der Waals surface area (Å²) in [6.07, 6.45) is 3.58. The van der Waals surface area contributed by atoms with E-state index in [1.54, 1.807) is 48.5 Å². The quantitative estimate of drug-likeness (QED) is 0.411. The topological polar surface area (TPSA) is 57.5 Å².